The van der Waals surface area contributed by atoms with Crippen LogP contribution in [0.5, 0.6) is 0 Å². The van der Waals surface area contributed by atoms with E-state index in [-0.39, 0.29) is 6.04 Å². The summed E-state index contributed by atoms with van der Waals surface area (Å²) in [7, 11) is 0. The normalized spacial score (nSPS) is 12.5. The fourth-order valence-corrected chi connectivity index (χ4v) is 3.67. The van der Waals surface area contributed by atoms with Crippen molar-refractivity contribution in [2.75, 3.05) is 6.54 Å². The minimum atomic E-state index is 0.0897. The van der Waals surface area contributed by atoms with Crippen molar-refractivity contribution in [1.82, 2.24) is 5.32 Å². The molecule has 0 amide bonds. The van der Waals surface area contributed by atoms with Gasteiger partial charge in [0.15, 0.2) is 0 Å². The summed E-state index contributed by atoms with van der Waals surface area (Å²) in [5, 5.41) is 4.24. The van der Waals surface area contributed by atoms with E-state index in [1.165, 1.54) is 11.1 Å². The molecule has 0 bridgehead atoms. The maximum absolute atomic E-state index is 6.25. The Balaban J connectivity index is 2.52. The van der Waals surface area contributed by atoms with Crippen LogP contribution in [0, 0.1) is 6.92 Å². The molecular formula is C16H15Br3ClN. The molecule has 21 heavy (non-hydrogen) atoms. The molecule has 0 fully saturated rings. The van der Waals surface area contributed by atoms with Crippen LogP contribution in [0.25, 0.3) is 0 Å². The summed E-state index contributed by atoms with van der Waals surface area (Å²) in [4.78, 5) is 0. The van der Waals surface area contributed by atoms with Gasteiger partial charge in [-0.15, -0.1) is 0 Å². The summed E-state index contributed by atoms with van der Waals surface area (Å²) in [5.74, 6) is 0. The third-order valence-electron chi connectivity index (χ3n) is 3.27. The molecule has 2 aromatic carbocycles. The molecule has 1 nitrogen and oxygen atoms in total. The maximum atomic E-state index is 6.25. The summed E-state index contributed by atoms with van der Waals surface area (Å²) in [6, 6.07) is 10.4. The van der Waals surface area contributed by atoms with E-state index in [4.69, 9.17) is 11.6 Å². The molecule has 1 atom stereocenters. The maximum Gasteiger partial charge on any atom is 0.0588 e. The van der Waals surface area contributed by atoms with Crippen molar-refractivity contribution >= 4 is 59.4 Å². The lowest BCUT2D eigenvalue weighted by molar-refractivity contribution is 0.628. The Morgan fingerprint density at radius 1 is 1.05 bits per heavy atom. The molecule has 5 heteroatoms. The summed E-state index contributed by atoms with van der Waals surface area (Å²) in [5.41, 5.74) is 3.53. The van der Waals surface area contributed by atoms with Crippen LogP contribution in [0.2, 0.25) is 5.02 Å². The number of aryl methyl sites for hydroxylation is 1. The van der Waals surface area contributed by atoms with E-state index < -0.39 is 0 Å². The number of benzene rings is 2. The van der Waals surface area contributed by atoms with Gasteiger partial charge in [-0.25, -0.2) is 0 Å². The van der Waals surface area contributed by atoms with Gasteiger partial charge in [-0.05, 0) is 70.4 Å². The predicted octanol–water partition coefficient (Wildman–Crippen LogP) is 6.63. The summed E-state index contributed by atoms with van der Waals surface area (Å²) in [6.45, 7) is 5.05. The standard InChI is InChI=1S/C16H15Br3ClN/c1-3-21-16(10-4-5-12(17)15(20)7-10)11-8-13(18)9(2)6-14(11)19/h4-8,16,21H,3H2,1-2H3. The van der Waals surface area contributed by atoms with E-state index in [2.05, 4.69) is 85.2 Å². The zero-order chi connectivity index (χ0) is 15.6. The van der Waals surface area contributed by atoms with Crippen molar-refractivity contribution in [3.05, 3.63) is 65.5 Å². The monoisotopic (exact) mass is 493 g/mol. The topological polar surface area (TPSA) is 12.0 Å². The highest BCUT2D eigenvalue weighted by atomic mass is 79.9. The summed E-state index contributed by atoms with van der Waals surface area (Å²) in [6.07, 6.45) is 0. The molecule has 0 saturated heterocycles. The van der Waals surface area contributed by atoms with Crippen LogP contribution in [0.3, 0.4) is 0 Å². The minimum absolute atomic E-state index is 0.0897. The molecule has 112 valence electrons. The predicted molar refractivity (Wildman–Crippen MR) is 101 cm³/mol. The second kappa shape index (κ2) is 7.60. The highest BCUT2D eigenvalue weighted by molar-refractivity contribution is 9.11. The lowest BCUT2D eigenvalue weighted by Crippen LogP contribution is -2.22. The number of hydrogen-bond acceptors (Lipinski definition) is 1. The van der Waals surface area contributed by atoms with Crippen molar-refractivity contribution in [1.29, 1.82) is 0 Å². The van der Waals surface area contributed by atoms with Crippen molar-refractivity contribution in [3.63, 3.8) is 0 Å². The molecule has 0 radical (unpaired) electrons. The van der Waals surface area contributed by atoms with Gasteiger partial charge in [0.2, 0.25) is 0 Å². The Kier molecular flexibility index (Phi) is 6.33. The highest BCUT2D eigenvalue weighted by Gasteiger charge is 2.18. The average molecular weight is 496 g/mol. The number of rotatable bonds is 4. The van der Waals surface area contributed by atoms with Gasteiger partial charge in [0.05, 0.1) is 11.1 Å². The fraction of sp³-hybridized carbons (Fsp3) is 0.250. The second-order valence-corrected chi connectivity index (χ2v) is 7.76. The molecule has 0 saturated carbocycles. The van der Waals surface area contributed by atoms with Crippen LogP contribution < -0.4 is 5.32 Å². The Morgan fingerprint density at radius 2 is 1.76 bits per heavy atom. The highest BCUT2D eigenvalue weighted by Crippen LogP contribution is 2.35. The van der Waals surface area contributed by atoms with Gasteiger partial charge in [0.1, 0.15) is 0 Å². The number of hydrogen-bond donors (Lipinski definition) is 1. The Morgan fingerprint density at radius 3 is 2.38 bits per heavy atom. The van der Waals surface area contributed by atoms with Gasteiger partial charge in [0.25, 0.3) is 0 Å². The first-order chi connectivity index (χ1) is 9.93. The number of nitrogens with one attached hydrogen (secondary N) is 1. The van der Waals surface area contributed by atoms with Gasteiger partial charge in [-0.1, -0.05) is 56.5 Å². The van der Waals surface area contributed by atoms with Crippen molar-refractivity contribution in [2.45, 2.75) is 19.9 Å². The Labute approximate surface area is 155 Å². The molecule has 1 unspecified atom stereocenters. The van der Waals surface area contributed by atoms with Crippen LogP contribution in [-0.2, 0) is 0 Å². The van der Waals surface area contributed by atoms with E-state index in [1.807, 2.05) is 12.1 Å². The van der Waals surface area contributed by atoms with E-state index in [0.29, 0.717) is 0 Å². The zero-order valence-electron chi connectivity index (χ0n) is 11.7. The quantitative estimate of drug-likeness (QED) is 0.501. The van der Waals surface area contributed by atoms with Crippen molar-refractivity contribution in [3.8, 4) is 0 Å². The first kappa shape index (κ1) is 17.5. The summed E-state index contributed by atoms with van der Waals surface area (Å²) >= 11 is 17.0. The van der Waals surface area contributed by atoms with Crippen LogP contribution in [0.15, 0.2) is 43.7 Å². The molecule has 0 aliphatic carbocycles. The molecule has 2 rings (SSSR count). The molecule has 0 aromatic heterocycles. The Bertz CT molecular complexity index is 658. The third kappa shape index (κ3) is 4.11. The van der Waals surface area contributed by atoms with Crippen LogP contribution >= 0.6 is 59.4 Å². The SMILES string of the molecule is CCNC(c1ccc(Br)c(Cl)c1)c1cc(Br)c(C)cc1Br. The second-order valence-electron chi connectivity index (χ2n) is 4.79. The molecule has 0 aliphatic rings. The first-order valence-electron chi connectivity index (χ1n) is 6.58. The Hall–Kier alpha value is 0.130. The van der Waals surface area contributed by atoms with E-state index in [9.17, 15) is 0 Å². The largest absolute Gasteiger partial charge is 0.306 e. The van der Waals surface area contributed by atoms with Gasteiger partial charge in [-0.3, -0.25) is 0 Å². The smallest absolute Gasteiger partial charge is 0.0588 e. The lowest BCUT2D eigenvalue weighted by Gasteiger charge is -2.22. The van der Waals surface area contributed by atoms with Crippen molar-refractivity contribution in [2.24, 2.45) is 0 Å². The van der Waals surface area contributed by atoms with Gasteiger partial charge in [-0.2, -0.15) is 0 Å². The molecule has 1 N–H and O–H groups in total. The third-order valence-corrected chi connectivity index (χ3v) is 6.05. The van der Waals surface area contributed by atoms with E-state index in [0.717, 1.165) is 30.5 Å². The zero-order valence-corrected chi connectivity index (χ0v) is 17.2. The molecular weight excluding hydrogens is 481 g/mol. The van der Waals surface area contributed by atoms with E-state index >= 15 is 0 Å². The van der Waals surface area contributed by atoms with Gasteiger partial charge in [0, 0.05) is 13.4 Å². The van der Waals surface area contributed by atoms with Gasteiger partial charge >= 0.3 is 0 Å². The fourth-order valence-electron chi connectivity index (χ4n) is 2.19. The van der Waals surface area contributed by atoms with Crippen LogP contribution in [0.1, 0.15) is 29.7 Å². The first-order valence-corrected chi connectivity index (χ1v) is 9.33. The van der Waals surface area contributed by atoms with Crippen molar-refractivity contribution < 1.29 is 0 Å². The molecule has 0 aliphatic heterocycles. The number of halogens is 4. The minimum Gasteiger partial charge on any atom is -0.306 e. The molecule has 0 spiro atoms. The van der Waals surface area contributed by atoms with E-state index in [1.54, 1.807) is 0 Å². The molecule has 0 heterocycles. The van der Waals surface area contributed by atoms with Crippen LogP contribution in [0.4, 0.5) is 0 Å². The lowest BCUT2D eigenvalue weighted by atomic mass is 9.98. The summed E-state index contributed by atoms with van der Waals surface area (Å²) < 4.78 is 3.10. The molecule has 2 aromatic rings. The van der Waals surface area contributed by atoms with Crippen LogP contribution in [-0.4, -0.2) is 6.54 Å². The average Bonchev–Trinajstić information content (AvgIpc) is 2.44. The van der Waals surface area contributed by atoms with Gasteiger partial charge < -0.3 is 5.32 Å².